The largest absolute Gasteiger partial charge is 0.483 e. The maximum Gasteiger partial charge on any atom is 0.260 e. The molecule has 1 atom stereocenters. The molecule has 1 aliphatic rings. The smallest absolute Gasteiger partial charge is 0.260 e. The van der Waals surface area contributed by atoms with Crippen LogP contribution in [0, 0.1) is 0 Å². The summed E-state index contributed by atoms with van der Waals surface area (Å²) in [6.45, 7) is 1.68. The maximum absolute atomic E-state index is 11.9. The number of aliphatic hydroxyl groups excluding tert-OH is 1. The Balaban J connectivity index is 2.00. The summed E-state index contributed by atoms with van der Waals surface area (Å²) < 4.78 is 6.41. The molecule has 0 unspecified atom stereocenters. The van der Waals surface area contributed by atoms with E-state index in [4.69, 9.17) is 4.74 Å². The second-order valence-corrected chi connectivity index (χ2v) is 5.80. The molecule has 0 heterocycles. The fraction of sp³-hybridized carbons (Fsp3) is 0.500. The minimum absolute atomic E-state index is 0.00829. The third-order valence-corrected chi connectivity index (χ3v) is 3.75. The topological polar surface area (TPSA) is 49.8 Å². The molecule has 1 aromatic rings. The summed E-state index contributed by atoms with van der Waals surface area (Å²) in [4.78, 5) is 13.6. The Morgan fingerprint density at radius 3 is 2.84 bits per heavy atom. The zero-order valence-electron chi connectivity index (χ0n) is 11.1. The van der Waals surface area contributed by atoms with Gasteiger partial charge in [-0.05, 0) is 38.0 Å². The zero-order valence-corrected chi connectivity index (χ0v) is 12.7. The van der Waals surface area contributed by atoms with Crippen molar-refractivity contribution in [3.05, 3.63) is 28.2 Å². The van der Waals surface area contributed by atoms with Crippen LogP contribution in [-0.4, -0.2) is 35.6 Å². The zero-order chi connectivity index (χ0) is 14.0. The van der Waals surface area contributed by atoms with Gasteiger partial charge in [-0.1, -0.05) is 15.9 Å². The average Bonchev–Trinajstić information content (AvgIpc) is 3.20. The Labute approximate surface area is 121 Å². The summed E-state index contributed by atoms with van der Waals surface area (Å²) in [6.07, 6.45) is 1.53. The number of carbonyl (C=O) groups is 1. The van der Waals surface area contributed by atoms with Gasteiger partial charge in [0.2, 0.25) is 0 Å². The summed E-state index contributed by atoms with van der Waals surface area (Å²) in [5, 5.41) is 9.71. The normalized spacial score (nSPS) is 16.0. The Morgan fingerprint density at radius 1 is 1.58 bits per heavy atom. The molecule has 5 heteroatoms. The number of likely N-dealkylation sites (N-methyl/N-ethyl adjacent to an activating group) is 1. The molecule has 1 N–H and O–H groups in total. The average molecular weight is 328 g/mol. The van der Waals surface area contributed by atoms with Gasteiger partial charge in [0.1, 0.15) is 5.75 Å². The number of halogens is 1. The predicted molar refractivity (Wildman–Crippen MR) is 76.1 cm³/mol. The molecule has 0 radical (unpaired) electrons. The Morgan fingerprint density at radius 2 is 2.26 bits per heavy atom. The van der Waals surface area contributed by atoms with E-state index in [1.54, 1.807) is 31.0 Å². The monoisotopic (exact) mass is 327 g/mol. The first-order valence-electron chi connectivity index (χ1n) is 6.35. The quantitative estimate of drug-likeness (QED) is 0.903. The van der Waals surface area contributed by atoms with E-state index in [2.05, 4.69) is 15.9 Å². The number of hydrogen-bond acceptors (Lipinski definition) is 3. The van der Waals surface area contributed by atoms with Gasteiger partial charge in [-0.15, -0.1) is 0 Å². The van der Waals surface area contributed by atoms with Crippen molar-refractivity contribution in [2.24, 2.45) is 0 Å². The van der Waals surface area contributed by atoms with Gasteiger partial charge in [0.05, 0.1) is 6.10 Å². The lowest BCUT2D eigenvalue weighted by molar-refractivity contribution is -0.132. The van der Waals surface area contributed by atoms with E-state index in [0.29, 0.717) is 17.4 Å². The van der Waals surface area contributed by atoms with Crippen molar-refractivity contribution < 1.29 is 14.6 Å². The molecule has 104 valence electrons. The highest BCUT2D eigenvalue weighted by Gasteiger charge is 2.29. The Hall–Kier alpha value is -1.07. The summed E-state index contributed by atoms with van der Waals surface area (Å²) in [5.41, 5.74) is 0.677. The van der Waals surface area contributed by atoms with Crippen LogP contribution in [0.4, 0.5) is 0 Å². The van der Waals surface area contributed by atoms with Crippen LogP contribution in [0.3, 0.4) is 0 Å². The molecule has 1 aliphatic carbocycles. The molecule has 19 heavy (non-hydrogen) atoms. The van der Waals surface area contributed by atoms with Crippen LogP contribution >= 0.6 is 15.9 Å². The third kappa shape index (κ3) is 3.70. The lowest BCUT2D eigenvalue weighted by Crippen LogP contribution is -2.33. The number of aliphatic hydroxyl groups is 1. The van der Waals surface area contributed by atoms with Crippen molar-refractivity contribution in [2.75, 3.05) is 13.7 Å². The van der Waals surface area contributed by atoms with E-state index >= 15 is 0 Å². The summed E-state index contributed by atoms with van der Waals surface area (Å²) in [6, 6.07) is 5.78. The first-order valence-corrected chi connectivity index (χ1v) is 7.14. The van der Waals surface area contributed by atoms with Gasteiger partial charge >= 0.3 is 0 Å². The van der Waals surface area contributed by atoms with Gasteiger partial charge < -0.3 is 14.7 Å². The number of carbonyl (C=O) groups excluding carboxylic acids is 1. The van der Waals surface area contributed by atoms with Crippen molar-refractivity contribution in [2.45, 2.75) is 31.9 Å². The highest BCUT2D eigenvalue weighted by atomic mass is 79.9. The molecule has 2 rings (SSSR count). The van der Waals surface area contributed by atoms with E-state index in [0.717, 1.165) is 17.3 Å². The highest BCUT2D eigenvalue weighted by molar-refractivity contribution is 9.10. The first kappa shape index (κ1) is 14.3. The van der Waals surface area contributed by atoms with Crippen LogP contribution in [-0.2, 0) is 4.79 Å². The van der Waals surface area contributed by atoms with Crippen LogP contribution < -0.4 is 4.74 Å². The highest BCUT2D eigenvalue weighted by Crippen LogP contribution is 2.29. The standard InChI is InChI=1S/C14H18BrNO3/c1-9(17)12-7-10(15)3-6-13(12)19-8-14(18)16(2)11-4-5-11/h3,6-7,9,11,17H,4-5,8H2,1-2H3/t9-/m0/s1. The van der Waals surface area contributed by atoms with E-state index in [-0.39, 0.29) is 12.5 Å². The molecule has 4 nitrogen and oxygen atoms in total. The van der Waals surface area contributed by atoms with Crippen LogP contribution in [0.2, 0.25) is 0 Å². The summed E-state index contributed by atoms with van der Waals surface area (Å²) >= 11 is 3.35. The van der Waals surface area contributed by atoms with Crippen molar-refractivity contribution in [3.8, 4) is 5.75 Å². The van der Waals surface area contributed by atoms with E-state index in [1.807, 2.05) is 6.07 Å². The molecule has 0 bridgehead atoms. The molecular formula is C14H18BrNO3. The number of hydrogen-bond donors (Lipinski definition) is 1. The van der Waals surface area contributed by atoms with E-state index in [9.17, 15) is 9.90 Å². The van der Waals surface area contributed by atoms with Gasteiger partial charge in [-0.25, -0.2) is 0 Å². The van der Waals surface area contributed by atoms with Crippen LogP contribution in [0.5, 0.6) is 5.75 Å². The van der Waals surface area contributed by atoms with Crippen LogP contribution in [0.15, 0.2) is 22.7 Å². The summed E-state index contributed by atoms with van der Waals surface area (Å²) in [5.74, 6) is 0.526. The van der Waals surface area contributed by atoms with Crippen LogP contribution in [0.25, 0.3) is 0 Å². The van der Waals surface area contributed by atoms with Gasteiger partial charge in [-0.2, -0.15) is 0 Å². The number of amides is 1. The Kier molecular flexibility index (Phi) is 4.47. The molecule has 0 spiro atoms. The van der Waals surface area contributed by atoms with E-state index in [1.165, 1.54) is 0 Å². The minimum Gasteiger partial charge on any atom is -0.483 e. The van der Waals surface area contributed by atoms with Crippen molar-refractivity contribution in [1.82, 2.24) is 4.90 Å². The number of ether oxygens (including phenoxy) is 1. The fourth-order valence-electron chi connectivity index (χ4n) is 1.88. The second-order valence-electron chi connectivity index (χ2n) is 4.88. The minimum atomic E-state index is -0.635. The molecule has 1 amide bonds. The molecule has 1 saturated carbocycles. The van der Waals surface area contributed by atoms with Gasteiger partial charge in [0.25, 0.3) is 5.91 Å². The Bertz CT molecular complexity index is 472. The number of benzene rings is 1. The van der Waals surface area contributed by atoms with Crippen molar-refractivity contribution in [1.29, 1.82) is 0 Å². The summed E-state index contributed by atoms with van der Waals surface area (Å²) in [7, 11) is 1.81. The number of rotatable bonds is 5. The molecule has 0 aromatic heterocycles. The molecule has 0 saturated heterocycles. The van der Waals surface area contributed by atoms with Gasteiger partial charge in [-0.3, -0.25) is 4.79 Å². The predicted octanol–water partition coefficient (Wildman–Crippen LogP) is 2.50. The fourth-order valence-corrected chi connectivity index (χ4v) is 2.26. The SMILES string of the molecule is C[C@H](O)c1cc(Br)ccc1OCC(=O)N(C)C1CC1. The van der Waals surface area contributed by atoms with Crippen molar-refractivity contribution in [3.63, 3.8) is 0 Å². The molecular weight excluding hydrogens is 310 g/mol. The van der Waals surface area contributed by atoms with Crippen LogP contribution in [0.1, 0.15) is 31.4 Å². The lowest BCUT2D eigenvalue weighted by atomic mass is 10.1. The van der Waals surface area contributed by atoms with E-state index < -0.39 is 6.10 Å². The second kappa shape index (κ2) is 5.92. The van der Waals surface area contributed by atoms with Gasteiger partial charge in [0.15, 0.2) is 6.61 Å². The van der Waals surface area contributed by atoms with Crippen molar-refractivity contribution >= 4 is 21.8 Å². The lowest BCUT2D eigenvalue weighted by Gasteiger charge is -2.18. The molecule has 1 aromatic carbocycles. The maximum atomic E-state index is 11.9. The third-order valence-electron chi connectivity index (χ3n) is 3.26. The number of nitrogens with zero attached hydrogens (tertiary/aromatic N) is 1. The molecule has 0 aliphatic heterocycles. The first-order chi connectivity index (χ1) is 8.99. The molecule has 1 fully saturated rings. The van der Waals surface area contributed by atoms with Gasteiger partial charge in [0, 0.05) is 23.1 Å².